The Morgan fingerprint density at radius 2 is 1.96 bits per heavy atom. The van der Waals surface area contributed by atoms with Crippen LogP contribution in [0.3, 0.4) is 0 Å². The lowest BCUT2D eigenvalue weighted by Gasteiger charge is -2.04. The molecule has 0 fully saturated rings. The van der Waals surface area contributed by atoms with Crippen LogP contribution in [0, 0.1) is 0 Å². The molecule has 0 saturated heterocycles. The Morgan fingerprint density at radius 3 is 2.68 bits per heavy atom. The van der Waals surface area contributed by atoms with Crippen molar-refractivity contribution >= 4 is 56.6 Å². The molecule has 0 unspecified atom stereocenters. The molecule has 0 aliphatic carbocycles. The minimum Gasteiger partial charge on any atom is -0.468 e. The number of esters is 1. The third kappa shape index (κ3) is 3.46. The first-order valence-corrected chi connectivity index (χ1v) is 9.57. The summed E-state index contributed by atoms with van der Waals surface area (Å²) in [5.74, 6) is 0.128. The van der Waals surface area contributed by atoms with E-state index in [1.807, 2.05) is 0 Å². The lowest BCUT2D eigenvalue weighted by atomic mass is 10.2. The predicted molar refractivity (Wildman–Crippen MR) is 104 cm³/mol. The minimum absolute atomic E-state index is 0.114. The van der Waals surface area contributed by atoms with Crippen LogP contribution in [0.15, 0.2) is 35.3 Å². The average Bonchev–Trinajstić information content (AvgIpc) is 3.24. The van der Waals surface area contributed by atoms with Crippen LogP contribution in [-0.2, 0) is 16.1 Å². The molecule has 1 aliphatic heterocycles. The van der Waals surface area contributed by atoms with Crippen LogP contribution in [0.25, 0.3) is 10.2 Å². The first-order valence-electron chi connectivity index (χ1n) is 8.00. The number of aromatic nitrogens is 1. The maximum atomic E-state index is 12.7. The Labute approximate surface area is 172 Å². The number of thiazole rings is 1. The Bertz CT molecular complexity index is 1180. The number of benzene rings is 2. The maximum Gasteiger partial charge on any atom is 0.325 e. The minimum atomic E-state index is -0.549. The number of amides is 1. The molecule has 2 aromatic carbocycles. The number of fused-ring (bicyclic) bond motifs is 2. The molecule has 10 heteroatoms. The monoisotopic (exact) mass is 438 g/mol. The first-order chi connectivity index (χ1) is 13.5. The van der Waals surface area contributed by atoms with Crippen molar-refractivity contribution in [1.29, 1.82) is 0 Å². The second kappa shape index (κ2) is 7.46. The van der Waals surface area contributed by atoms with Gasteiger partial charge in [0.15, 0.2) is 16.3 Å². The standard InChI is InChI=1S/C18H12Cl2N2O5S/c1-25-16(23)7-22-12-5-13-14(27-8-26-13)6-15(12)28-18(22)21-17(24)10-3-2-9(19)4-11(10)20/h2-6H,7-8H2,1H3. The summed E-state index contributed by atoms with van der Waals surface area (Å²) in [6.07, 6.45) is 0. The Balaban J connectivity index is 1.87. The van der Waals surface area contributed by atoms with E-state index in [9.17, 15) is 9.59 Å². The number of hydrogen-bond acceptors (Lipinski definition) is 6. The lowest BCUT2D eigenvalue weighted by Crippen LogP contribution is -2.22. The number of nitrogens with zero attached hydrogens (tertiary/aromatic N) is 2. The summed E-state index contributed by atoms with van der Waals surface area (Å²) in [6, 6.07) is 8.07. The van der Waals surface area contributed by atoms with E-state index in [2.05, 4.69) is 4.99 Å². The highest BCUT2D eigenvalue weighted by molar-refractivity contribution is 7.16. The molecule has 3 aromatic rings. The summed E-state index contributed by atoms with van der Waals surface area (Å²) in [5, 5.41) is 0.612. The largest absolute Gasteiger partial charge is 0.468 e. The van der Waals surface area contributed by atoms with E-state index < -0.39 is 11.9 Å². The van der Waals surface area contributed by atoms with Crippen molar-refractivity contribution in [2.45, 2.75) is 6.54 Å². The molecule has 0 bridgehead atoms. The van der Waals surface area contributed by atoms with Crippen LogP contribution >= 0.6 is 34.5 Å². The van der Waals surface area contributed by atoms with Gasteiger partial charge in [-0.25, -0.2) is 0 Å². The van der Waals surface area contributed by atoms with Gasteiger partial charge in [0.2, 0.25) is 6.79 Å². The summed E-state index contributed by atoms with van der Waals surface area (Å²) in [7, 11) is 1.29. The molecular formula is C18H12Cl2N2O5S. The van der Waals surface area contributed by atoms with E-state index in [0.29, 0.717) is 26.8 Å². The van der Waals surface area contributed by atoms with Gasteiger partial charge in [0, 0.05) is 17.2 Å². The van der Waals surface area contributed by atoms with Crippen LogP contribution < -0.4 is 14.3 Å². The van der Waals surface area contributed by atoms with Crippen molar-refractivity contribution < 1.29 is 23.8 Å². The topological polar surface area (TPSA) is 79.1 Å². The summed E-state index contributed by atoms with van der Waals surface area (Å²) in [6.45, 7) is 0.0188. The molecule has 1 aliphatic rings. The SMILES string of the molecule is COC(=O)Cn1c(=NC(=O)c2ccc(Cl)cc2Cl)sc2cc3c(cc21)OCO3. The molecule has 7 nitrogen and oxygen atoms in total. The highest BCUT2D eigenvalue weighted by Crippen LogP contribution is 2.37. The van der Waals surface area contributed by atoms with Gasteiger partial charge in [-0.2, -0.15) is 4.99 Å². The van der Waals surface area contributed by atoms with Crippen molar-refractivity contribution in [3.63, 3.8) is 0 Å². The van der Waals surface area contributed by atoms with Gasteiger partial charge in [0.25, 0.3) is 5.91 Å². The fourth-order valence-electron chi connectivity index (χ4n) is 2.70. The van der Waals surface area contributed by atoms with Crippen LogP contribution in [0.4, 0.5) is 0 Å². The van der Waals surface area contributed by atoms with Crippen LogP contribution in [0.2, 0.25) is 10.0 Å². The maximum absolute atomic E-state index is 12.7. The van der Waals surface area contributed by atoms with Gasteiger partial charge in [-0.05, 0) is 18.2 Å². The summed E-state index contributed by atoms with van der Waals surface area (Å²) in [5.41, 5.74) is 0.885. The van der Waals surface area contributed by atoms with Crippen molar-refractivity contribution in [3.05, 3.63) is 50.7 Å². The molecule has 0 atom stereocenters. The third-order valence-electron chi connectivity index (χ3n) is 4.05. The zero-order valence-corrected chi connectivity index (χ0v) is 16.7. The second-order valence-electron chi connectivity index (χ2n) is 5.76. The van der Waals surface area contributed by atoms with Crippen molar-refractivity contribution in [2.75, 3.05) is 13.9 Å². The van der Waals surface area contributed by atoms with Gasteiger partial charge in [-0.1, -0.05) is 34.5 Å². The van der Waals surface area contributed by atoms with Crippen LogP contribution in [-0.4, -0.2) is 30.3 Å². The molecule has 0 N–H and O–H groups in total. The van der Waals surface area contributed by atoms with Gasteiger partial charge in [0.1, 0.15) is 6.54 Å². The van der Waals surface area contributed by atoms with E-state index >= 15 is 0 Å². The van der Waals surface area contributed by atoms with E-state index in [4.69, 9.17) is 37.4 Å². The fraction of sp³-hybridized carbons (Fsp3) is 0.167. The fourth-order valence-corrected chi connectivity index (χ4v) is 4.23. The van der Waals surface area contributed by atoms with Crippen molar-refractivity contribution in [3.8, 4) is 11.5 Å². The molecule has 28 heavy (non-hydrogen) atoms. The first kappa shape index (κ1) is 18.8. The number of hydrogen-bond donors (Lipinski definition) is 0. The molecule has 0 saturated carbocycles. The quantitative estimate of drug-likeness (QED) is 0.583. The van der Waals surface area contributed by atoms with Gasteiger partial charge in [-0.3, -0.25) is 9.59 Å². The number of rotatable bonds is 3. The highest BCUT2D eigenvalue weighted by atomic mass is 35.5. The van der Waals surface area contributed by atoms with Gasteiger partial charge in [-0.15, -0.1) is 0 Å². The predicted octanol–water partition coefficient (Wildman–Crippen LogP) is 3.65. The number of carbonyl (C=O) groups excluding carboxylic acids is 2. The summed E-state index contributed by atoms with van der Waals surface area (Å²) in [4.78, 5) is 29.1. The van der Waals surface area contributed by atoms with E-state index in [1.165, 1.54) is 30.6 Å². The Kier molecular flexibility index (Phi) is 5.01. The third-order valence-corrected chi connectivity index (χ3v) is 5.64. The van der Waals surface area contributed by atoms with E-state index in [1.54, 1.807) is 22.8 Å². The number of methoxy groups -OCH3 is 1. The van der Waals surface area contributed by atoms with Crippen molar-refractivity contribution in [1.82, 2.24) is 4.57 Å². The Hall–Kier alpha value is -2.55. The molecule has 0 spiro atoms. The number of ether oxygens (including phenoxy) is 3. The van der Waals surface area contributed by atoms with Gasteiger partial charge < -0.3 is 18.8 Å². The van der Waals surface area contributed by atoms with Crippen LogP contribution in [0.5, 0.6) is 11.5 Å². The second-order valence-corrected chi connectivity index (χ2v) is 7.61. The Morgan fingerprint density at radius 1 is 1.21 bits per heavy atom. The normalized spacial score (nSPS) is 13.2. The highest BCUT2D eigenvalue weighted by Gasteiger charge is 2.19. The molecular weight excluding hydrogens is 427 g/mol. The lowest BCUT2D eigenvalue weighted by molar-refractivity contribution is -0.141. The zero-order valence-electron chi connectivity index (χ0n) is 14.4. The average molecular weight is 439 g/mol. The number of carbonyl (C=O) groups is 2. The zero-order chi connectivity index (χ0) is 19.8. The van der Waals surface area contributed by atoms with Gasteiger partial charge >= 0.3 is 5.97 Å². The van der Waals surface area contributed by atoms with Crippen LogP contribution in [0.1, 0.15) is 10.4 Å². The van der Waals surface area contributed by atoms with E-state index in [0.717, 1.165) is 4.70 Å². The molecule has 4 rings (SSSR count). The number of halogens is 2. The molecule has 1 amide bonds. The van der Waals surface area contributed by atoms with Crippen molar-refractivity contribution in [2.24, 2.45) is 4.99 Å². The molecule has 1 aromatic heterocycles. The summed E-state index contributed by atoms with van der Waals surface area (Å²) < 4.78 is 17.9. The molecule has 2 heterocycles. The summed E-state index contributed by atoms with van der Waals surface area (Å²) >= 11 is 13.2. The molecule has 144 valence electrons. The van der Waals surface area contributed by atoms with Gasteiger partial charge in [0.05, 0.1) is 27.9 Å². The molecule has 0 radical (unpaired) electrons. The smallest absolute Gasteiger partial charge is 0.325 e. The van der Waals surface area contributed by atoms with E-state index in [-0.39, 0.29) is 23.9 Å².